The van der Waals surface area contributed by atoms with Gasteiger partial charge < -0.3 is 9.47 Å². The number of aromatic nitrogens is 4. The Morgan fingerprint density at radius 1 is 0.533 bits per heavy atom. The summed E-state index contributed by atoms with van der Waals surface area (Å²) in [5, 5.41) is 5.04. The molecule has 5 heteroatoms. The Labute approximate surface area is 353 Å². The minimum Gasteiger partial charge on any atom is -0.334 e. The molecule has 8 aromatic rings. The average molecular weight is 784 g/mol. The standard InChI is InChI=1S/C55H53N5/c1-55(2)44-25-13-16-28-49(44)59(50-29-17-14-26-45(50)55)39-30-32-47-42(34-39)41-24-12-15-27-46(41)58(47)40-31-33-48-43(35-40)51-52(36-18-6-3-7-19-36)56-53(37-20-8-4-9-21-37)57-54(51)60(48)38-22-10-5-11-23-38/h5,10-17,22-37,44,49H,3-4,6-9,18-21H2,1-2H3. The number of fused-ring (bicyclic) bond motifs is 8. The first-order valence-corrected chi connectivity index (χ1v) is 22.7. The first-order valence-electron chi connectivity index (χ1n) is 22.7. The van der Waals surface area contributed by atoms with E-state index >= 15 is 0 Å². The molecule has 0 amide bonds. The first kappa shape index (κ1) is 36.0. The van der Waals surface area contributed by atoms with E-state index in [4.69, 9.17) is 9.97 Å². The quantitative estimate of drug-likeness (QED) is 0.174. The number of nitrogens with zero attached hydrogens (tertiary/aromatic N) is 5. The molecule has 0 radical (unpaired) electrons. The lowest BCUT2D eigenvalue weighted by Gasteiger charge is -2.50. The van der Waals surface area contributed by atoms with Crippen LogP contribution in [0.5, 0.6) is 0 Å². The van der Waals surface area contributed by atoms with E-state index in [1.165, 1.54) is 131 Å². The molecule has 3 aliphatic carbocycles. The van der Waals surface area contributed by atoms with Crippen LogP contribution in [0.15, 0.2) is 140 Å². The maximum Gasteiger partial charge on any atom is 0.149 e. The summed E-state index contributed by atoms with van der Waals surface area (Å²) in [4.78, 5) is 13.9. The smallest absolute Gasteiger partial charge is 0.149 e. The van der Waals surface area contributed by atoms with Crippen molar-refractivity contribution >= 4 is 55.1 Å². The van der Waals surface area contributed by atoms with Crippen molar-refractivity contribution in [2.24, 2.45) is 5.92 Å². The van der Waals surface area contributed by atoms with Gasteiger partial charge in [0.25, 0.3) is 0 Å². The molecule has 298 valence electrons. The summed E-state index contributed by atoms with van der Waals surface area (Å²) in [6, 6.07) is 43.5. The molecular formula is C55H53N5. The molecule has 4 heterocycles. The number of allylic oxidation sites excluding steroid dienone is 2. The molecule has 2 fully saturated rings. The van der Waals surface area contributed by atoms with Gasteiger partial charge in [-0.05, 0) is 91.9 Å². The van der Waals surface area contributed by atoms with Crippen LogP contribution in [0.4, 0.5) is 11.4 Å². The van der Waals surface area contributed by atoms with E-state index in [0.29, 0.717) is 17.8 Å². The van der Waals surface area contributed by atoms with E-state index in [1.807, 2.05) is 0 Å². The lowest BCUT2D eigenvalue weighted by Crippen LogP contribution is -2.49. The van der Waals surface area contributed by atoms with Crippen molar-refractivity contribution in [2.45, 2.75) is 101 Å². The van der Waals surface area contributed by atoms with Gasteiger partial charge in [0.1, 0.15) is 11.5 Å². The Balaban J connectivity index is 1.08. The fourth-order valence-corrected chi connectivity index (χ4v) is 11.9. The second kappa shape index (κ2) is 14.1. The summed E-state index contributed by atoms with van der Waals surface area (Å²) in [5.41, 5.74) is 12.3. The molecule has 4 aliphatic rings. The summed E-state index contributed by atoms with van der Waals surface area (Å²) >= 11 is 0. The molecule has 2 saturated carbocycles. The molecule has 5 nitrogen and oxygen atoms in total. The monoisotopic (exact) mass is 783 g/mol. The van der Waals surface area contributed by atoms with Gasteiger partial charge in [0.15, 0.2) is 0 Å². The molecule has 12 rings (SSSR count). The van der Waals surface area contributed by atoms with Crippen molar-refractivity contribution in [3.8, 4) is 11.4 Å². The lowest BCUT2D eigenvalue weighted by molar-refractivity contribution is 0.332. The van der Waals surface area contributed by atoms with E-state index in [9.17, 15) is 0 Å². The normalized spacial score (nSPS) is 20.7. The van der Waals surface area contributed by atoms with Crippen LogP contribution >= 0.6 is 0 Å². The molecule has 5 aromatic carbocycles. The maximum absolute atomic E-state index is 5.66. The number of hydrogen-bond acceptors (Lipinski definition) is 3. The van der Waals surface area contributed by atoms with E-state index in [1.54, 1.807) is 0 Å². The highest BCUT2D eigenvalue weighted by Gasteiger charge is 2.45. The average Bonchev–Trinajstić information content (AvgIpc) is 3.82. The highest BCUT2D eigenvalue weighted by molar-refractivity contribution is 6.13. The van der Waals surface area contributed by atoms with Crippen molar-refractivity contribution < 1.29 is 0 Å². The lowest BCUT2D eigenvalue weighted by atomic mass is 9.65. The van der Waals surface area contributed by atoms with Gasteiger partial charge in [0.05, 0.1) is 28.3 Å². The molecule has 0 spiro atoms. The molecule has 0 saturated heterocycles. The van der Waals surface area contributed by atoms with Crippen LogP contribution in [-0.2, 0) is 5.41 Å². The highest BCUT2D eigenvalue weighted by atomic mass is 15.2. The van der Waals surface area contributed by atoms with Gasteiger partial charge in [-0.2, -0.15) is 0 Å². The van der Waals surface area contributed by atoms with Crippen molar-refractivity contribution in [3.63, 3.8) is 0 Å². The molecule has 0 N–H and O–H groups in total. The molecule has 1 aliphatic heterocycles. The molecule has 60 heavy (non-hydrogen) atoms. The van der Waals surface area contributed by atoms with Gasteiger partial charge in [0, 0.05) is 67.5 Å². The van der Waals surface area contributed by atoms with Crippen LogP contribution in [0.2, 0.25) is 0 Å². The van der Waals surface area contributed by atoms with Crippen molar-refractivity contribution in [3.05, 3.63) is 157 Å². The van der Waals surface area contributed by atoms with Gasteiger partial charge in [-0.25, -0.2) is 9.97 Å². The van der Waals surface area contributed by atoms with Gasteiger partial charge in [0.2, 0.25) is 0 Å². The Morgan fingerprint density at radius 2 is 1.18 bits per heavy atom. The van der Waals surface area contributed by atoms with Crippen LogP contribution in [-0.4, -0.2) is 25.1 Å². The topological polar surface area (TPSA) is 38.9 Å². The van der Waals surface area contributed by atoms with E-state index in [-0.39, 0.29) is 11.5 Å². The fourth-order valence-electron chi connectivity index (χ4n) is 11.9. The zero-order chi connectivity index (χ0) is 40.0. The molecule has 3 aromatic heterocycles. The van der Waals surface area contributed by atoms with Gasteiger partial charge >= 0.3 is 0 Å². The van der Waals surface area contributed by atoms with Gasteiger partial charge in [-0.3, -0.25) is 4.57 Å². The van der Waals surface area contributed by atoms with Gasteiger partial charge in [-0.15, -0.1) is 0 Å². The van der Waals surface area contributed by atoms with Crippen LogP contribution in [0.1, 0.15) is 107 Å². The van der Waals surface area contributed by atoms with E-state index in [2.05, 4.69) is 167 Å². The first-order chi connectivity index (χ1) is 29.5. The molecular weight excluding hydrogens is 731 g/mol. The summed E-state index contributed by atoms with van der Waals surface area (Å²) in [5.74, 6) is 2.33. The minimum absolute atomic E-state index is 0.0146. The third-order valence-corrected chi connectivity index (χ3v) is 14.9. The van der Waals surface area contributed by atoms with Crippen LogP contribution in [0.25, 0.3) is 55.1 Å². The van der Waals surface area contributed by atoms with Crippen molar-refractivity contribution in [1.29, 1.82) is 0 Å². The second-order valence-corrected chi connectivity index (χ2v) is 18.7. The third-order valence-electron chi connectivity index (χ3n) is 14.9. The highest BCUT2D eigenvalue weighted by Crippen LogP contribution is 2.51. The number of hydrogen-bond donors (Lipinski definition) is 0. The Hall–Kier alpha value is -5.94. The van der Waals surface area contributed by atoms with Crippen molar-refractivity contribution in [2.75, 3.05) is 4.90 Å². The maximum atomic E-state index is 5.66. The summed E-state index contributed by atoms with van der Waals surface area (Å²) in [7, 11) is 0. The number of rotatable bonds is 5. The summed E-state index contributed by atoms with van der Waals surface area (Å²) < 4.78 is 4.93. The van der Waals surface area contributed by atoms with Gasteiger partial charge in [-0.1, -0.05) is 131 Å². The zero-order valence-electron chi connectivity index (χ0n) is 34.9. The molecule has 2 atom stereocenters. The predicted molar refractivity (Wildman–Crippen MR) is 250 cm³/mol. The number of para-hydroxylation sites is 3. The largest absolute Gasteiger partial charge is 0.334 e. The molecule has 2 unspecified atom stereocenters. The Kier molecular flexibility index (Phi) is 8.44. The summed E-state index contributed by atoms with van der Waals surface area (Å²) in [6.45, 7) is 4.82. The molecule has 0 bridgehead atoms. The van der Waals surface area contributed by atoms with E-state index < -0.39 is 0 Å². The fraction of sp³-hybridized carbons (Fsp3) is 0.309. The number of anilines is 2. The Bertz CT molecular complexity index is 3000. The van der Waals surface area contributed by atoms with Crippen LogP contribution in [0.3, 0.4) is 0 Å². The Morgan fingerprint density at radius 3 is 2.00 bits per heavy atom. The number of benzene rings is 5. The van der Waals surface area contributed by atoms with E-state index in [0.717, 1.165) is 17.2 Å². The van der Waals surface area contributed by atoms with Crippen LogP contribution in [0, 0.1) is 5.92 Å². The minimum atomic E-state index is 0.0146. The zero-order valence-corrected chi connectivity index (χ0v) is 34.9. The predicted octanol–water partition coefficient (Wildman–Crippen LogP) is 14.3. The second-order valence-electron chi connectivity index (χ2n) is 18.7. The SMILES string of the molecule is CC1(C)c2ccccc2N(c2ccc3c(c2)c2ccccc2n3-c2ccc3c(c2)c2c(C4CCCCC4)nc(C4CCCCC4)nc2n3-c2ccccc2)C2C=CC=CC21. The van der Waals surface area contributed by atoms with Crippen LogP contribution < -0.4 is 4.90 Å². The van der Waals surface area contributed by atoms with Crippen molar-refractivity contribution in [1.82, 2.24) is 19.1 Å². The third kappa shape index (κ3) is 5.50. The summed E-state index contributed by atoms with van der Waals surface area (Å²) in [6.07, 6.45) is 21.8.